The molecule has 0 aromatic heterocycles. The van der Waals surface area contributed by atoms with Crippen molar-refractivity contribution in [3.63, 3.8) is 0 Å². The lowest BCUT2D eigenvalue weighted by Gasteiger charge is -2.42. The predicted molar refractivity (Wildman–Crippen MR) is 81.9 cm³/mol. The lowest BCUT2D eigenvalue weighted by Crippen LogP contribution is -2.52. The summed E-state index contributed by atoms with van der Waals surface area (Å²) in [5.74, 6) is 0.538. The molecule has 0 unspecified atom stereocenters. The van der Waals surface area contributed by atoms with Gasteiger partial charge in [-0.3, -0.25) is 0 Å². The summed E-state index contributed by atoms with van der Waals surface area (Å²) in [7, 11) is -3.41. The van der Waals surface area contributed by atoms with Gasteiger partial charge in [-0.05, 0) is 36.5 Å². The molecule has 3 rings (SSSR count). The van der Waals surface area contributed by atoms with E-state index in [2.05, 4.69) is 25.9 Å². The molecule has 0 amide bonds. The van der Waals surface area contributed by atoms with E-state index >= 15 is 0 Å². The first-order valence-electron chi connectivity index (χ1n) is 8.02. The van der Waals surface area contributed by atoms with Crippen LogP contribution in [0, 0.1) is 23.2 Å². The standard InChI is InChI=1S/C15H26N2O3S/c1-10-11-9-12(15(10,2)3)14(13(11)16-18)21(19,20)17-7-5-4-6-8-17/h10-12,14,18H,4-9H2,1-3H3/b16-13-/t10-,11+,12+,14+/m1/s1. The van der Waals surface area contributed by atoms with Crippen molar-refractivity contribution in [1.82, 2.24) is 4.31 Å². The summed E-state index contributed by atoms with van der Waals surface area (Å²) < 4.78 is 27.8. The molecule has 1 aliphatic heterocycles. The number of rotatable bonds is 2. The minimum atomic E-state index is -3.41. The zero-order chi connectivity index (χ0) is 15.4. The van der Waals surface area contributed by atoms with Crippen molar-refractivity contribution in [3.05, 3.63) is 0 Å². The Morgan fingerprint density at radius 3 is 2.43 bits per heavy atom. The molecule has 2 aliphatic carbocycles. The van der Waals surface area contributed by atoms with E-state index in [0.29, 0.717) is 24.7 Å². The van der Waals surface area contributed by atoms with Crippen molar-refractivity contribution >= 4 is 15.7 Å². The molecule has 2 bridgehead atoms. The van der Waals surface area contributed by atoms with Crippen LogP contribution in [0.4, 0.5) is 0 Å². The van der Waals surface area contributed by atoms with Crippen LogP contribution in [0.2, 0.25) is 0 Å². The first-order valence-corrected chi connectivity index (χ1v) is 9.53. The van der Waals surface area contributed by atoms with Crippen molar-refractivity contribution < 1.29 is 13.6 Å². The molecular formula is C15H26N2O3S. The predicted octanol–water partition coefficient (Wildman–Crippen LogP) is 2.31. The summed E-state index contributed by atoms with van der Waals surface area (Å²) in [5, 5.41) is 12.2. The highest BCUT2D eigenvalue weighted by Gasteiger charge is 2.63. The number of piperidine rings is 1. The van der Waals surface area contributed by atoms with E-state index in [-0.39, 0.29) is 17.3 Å². The Labute approximate surface area is 127 Å². The Morgan fingerprint density at radius 2 is 1.86 bits per heavy atom. The number of sulfonamides is 1. The van der Waals surface area contributed by atoms with Crippen LogP contribution in [0.3, 0.4) is 0 Å². The van der Waals surface area contributed by atoms with Crippen molar-refractivity contribution in [2.75, 3.05) is 13.1 Å². The summed E-state index contributed by atoms with van der Waals surface area (Å²) in [6, 6.07) is 0. The van der Waals surface area contributed by atoms with Crippen molar-refractivity contribution in [2.24, 2.45) is 28.3 Å². The average molecular weight is 314 g/mol. The monoisotopic (exact) mass is 314 g/mol. The number of fused-ring (bicyclic) bond motifs is 2. The van der Waals surface area contributed by atoms with Gasteiger partial charge in [0.15, 0.2) is 0 Å². The Balaban J connectivity index is 1.97. The fourth-order valence-corrected chi connectivity index (χ4v) is 7.21. The second-order valence-electron chi connectivity index (χ2n) is 7.51. The van der Waals surface area contributed by atoms with Crippen LogP contribution >= 0.6 is 0 Å². The second-order valence-corrected chi connectivity index (χ2v) is 9.56. The second kappa shape index (κ2) is 4.95. The largest absolute Gasteiger partial charge is 0.411 e. The fourth-order valence-electron chi connectivity index (χ4n) is 4.72. The summed E-state index contributed by atoms with van der Waals surface area (Å²) in [6.07, 6.45) is 3.81. The Kier molecular flexibility index (Phi) is 3.60. The van der Waals surface area contributed by atoms with Gasteiger partial charge in [0.2, 0.25) is 10.0 Å². The zero-order valence-corrected chi connectivity index (χ0v) is 13.9. The first-order chi connectivity index (χ1) is 9.81. The molecule has 0 aromatic rings. The zero-order valence-electron chi connectivity index (χ0n) is 13.1. The van der Waals surface area contributed by atoms with Crippen LogP contribution in [0.15, 0.2) is 5.16 Å². The number of nitrogens with zero attached hydrogens (tertiary/aromatic N) is 2. The van der Waals surface area contributed by atoms with E-state index in [1.807, 2.05) is 0 Å². The van der Waals surface area contributed by atoms with Gasteiger partial charge in [-0.25, -0.2) is 12.7 Å². The van der Waals surface area contributed by atoms with Crippen LogP contribution in [0.25, 0.3) is 0 Å². The van der Waals surface area contributed by atoms with Gasteiger partial charge in [0.1, 0.15) is 5.25 Å². The molecule has 4 atom stereocenters. The number of oxime groups is 1. The molecule has 0 radical (unpaired) electrons. The van der Waals surface area contributed by atoms with Gasteiger partial charge in [0.25, 0.3) is 0 Å². The fraction of sp³-hybridized carbons (Fsp3) is 0.933. The van der Waals surface area contributed by atoms with E-state index in [9.17, 15) is 13.6 Å². The van der Waals surface area contributed by atoms with Crippen LogP contribution in [0.5, 0.6) is 0 Å². The van der Waals surface area contributed by atoms with Crippen LogP contribution < -0.4 is 0 Å². The van der Waals surface area contributed by atoms with Gasteiger partial charge in [-0.1, -0.05) is 32.3 Å². The normalized spacial score (nSPS) is 41.8. The highest BCUT2D eigenvalue weighted by Crippen LogP contribution is 2.59. The molecule has 0 spiro atoms. The van der Waals surface area contributed by atoms with Crippen molar-refractivity contribution in [2.45, 2.75) is 51.7 Å². The molecular weight excluding hydrogens is 288 g/mol. The molecule has 6 heteroatoms. The third-order valence-corrected chi connectivity index (χ3v) is 8.69. The molecule has 1 heterocycles. The Morgan fingerprint density at radius 1 is 1.24 bits per heavy atom. The summed E-state index contributed by atoms with van der Waals surface area (Å²) in [5.41, 5.74) is 0.490. The third-order valence-electron chi connectivity index (χ3n) is 6.39. The van der Waals surface area contributed by atoms with Crippen LogP contribution in [-0.2, 0) is 10.0 Å². The molecule has 1 N–H and O–H groups in total. The minimum absolute atomic E-state index is 0.0214. The highest BCUT2D eigenvalue weighted by atomic mass is 32.2. The molecule has 120 valence electrons. The quantitative estimate of drug-likeness (QED) is 0.628. The first kappa shape index (κ1) is 15.3. The smallest absolute Gasteiger partial charge is 0.222 e. The van der Waals surface area contributed by atoms with Gasteiger partial charge in [-0.2, -0.15) is 0 Å². The number of hydrogen-bond donors (Lipinski definition) is 1. The van der Waals surface area contributed by atoms with E-state index in [1.54, 1.807) is 4.31 Å². The highest BCUT2D eigenvalue weighted by molar-refractivity contribution is 7.90. The maximum Gasteiger partial charge on any atom is 0.222 e. The molecule has 0 aromatic carbocycles. The summed E-state index contributed by atoms with van der Waals surface area (Å²) >= 11 is 0. The Hall–Kier alpha value is -0.620. The average Bonchev–Trinajstić information content (AvgIpc) is 2.96. The van der Waals surface area contributed by atoms with E-state index < -0.39 is 15.3 Å². The molecule has 5 nitrogen and oxygen atoms in total. The topological polar surface area (TPSA) is 70.0 Å². The van der Waals surface area contributed by atoms with E-state index in [4.69, 9.17) is 0 Å². The van der Waals surface area contributed by atoms with Crippen LogP contribution in [-0.4, -0.2) is 42.0 Å². The van der Waals surface area contributed by atoms with Gasteiger partial charge in [0.05, 0.1) is 5.71 Å². The van der Waals surface area contributed by atoms with Crippen LogP contribution in [0.1, 0.15) is 46.5 Å². The van der Waals surface area contributed by atoms with Gasteiger partial charge >= 0.3 is 0 Å². The minimum Gasteiger partial charge on any atom is -0.411 e. The lowest BCUT2D eigenvalue weighted by molar-refractivity contribution is 0.177. The van der Waals surface area contributed by atoms with E-state index in [1.165, 1.54) is 0 Å². The van der Waals surface area contributed by atoms with Crippen molar-refractivity contribution in [3.8, 4) is 0 Å². The molecule has 3 aliphatic rings. The molecule has 2 saturated carbocycles. The third kappa shape index (κ3) is 2.05. The summed E-state index contributed by atoms with van der Waals surface area (Å²) in [6.45, 7) is 7.71. The van der Waals surface area contributed by atoms with E-state index in [0.717, 1.165) is 25.7 Å². The molecule has 1 saturated heterocycles. The van der Waals surface area contributed by atoms with Gasteiger partial charge in [0, 0.05) is 19.0 Å². The van der Waals surface area contributed by atoms with Crippen molar-refractivity contribution in [1.29, 1.82) is 0 Å². The Bertz CT molecular complexity index is 549. The SMILES string of the molecule is C[C@@H]1[C@@H]2C[C@@H]([C@H](S(=O)(=O)N3CCCCC3)/C2=N\O)C1(C)C. The lowest BCUT2D eigenvalue weighted by atomic mass is 9.69. The summed E-state index contributed by atoms with van der Waals surface area (Å²) in [4.78, 5) is 0. The number of hydrogen-bond acceptors (Lipinski definition) is 4. The maximum absolute atomic E-state index is 13.1. The molecule has 21 heavy (non-hydrogen) atoms. The van der Waals surface area contributed by atoms with Gasteiger partial charge in [-0.15, -0.1) is 0 Å². The maximum atomic E-state index is 13.1. The van der Waals surface area contributed by atoms with Gasteiger partial charge < -0.3 is 5.21 Å². The molecule has 3 fully saturated rings.